The summed E-state index contributed by atoms with van der Waals surface area (Å²) in [5.74, 6) is -0.163. The van der Waals surface area contributed by atoms with Crippen LogP contribution in [-0.4, -0.2) is 37.1 Å². The highest BCUT2D eigenvalue weighted by Crippen LogP contribution is 2.27. The van der Waals surface area contributed by atoms with Crippen LogP contribution in [0.3, 0.4) is 0 Å². The van der Waals surface area contributed by atoms with E-state index in [-0.39, 0.29) is 28.4 Å². The number of thioether (sulfide) groups is 1. The number of anilines is 1. The zero-order valence-corrected chi connectivity index (χ0v) is 16.8. The summed E-state index contributed by atoms with van der Waals surface area (Å²) in [5.41, 5.74) is 1.00. The molecule has 2 aromatic rings. The second-order valence-corrected chi connectivity index (χ2v) is 8.70. The van der Waals surface area contributed by atoms with Gasteiger partial charge in [-0.05, 0) is 62.4 Å². The Morgan fingerprint density at radius 3 is 2.27 bits per heavy atom. The highest BCUT2D eigenvalue weighted by Gasteiger charge is 2.24. The Labute approximate surface area is 157 Å². The van der Waals surface area contributed by atoms with Crippen LogP contribution in [0.1, 0.15) is 51.9 Å². The van der Waals surface area contributed by atoms with Crippen LogP contribution in [0.15, 0.2) is 29.4 Å². The third-order valence-corrected chi connectivity index (χ3v) is 4.72. The average Bonchev–Trinajstić information content (AvgIpc) is 3.03. The summed E-state index contributed by atoms with van der Waals surface area (Å²) in [6.45, 7) is 11.5. The van der Waals surface area contributed by atoms with Gasteiger partial charge in [0.1, 0.15) is 0 Å². The number of aromatic nitrogens is 4. The standard InChI is InChI=1S/C18H25N5O2S/c1-11(2)16(25)19-14-9-7-13(8-10-14)15(24)12(3)26-17-20-21-22-23(17)18(4,5)6/h7-12H,1-6H3,(H,19,25)/t12-/m1/s1. The molecule has 0 saturated carbocycles. The molecule has 1 N–H and O–H groups in total. The van der Waals surface area contributed by atoms with E-state index in [0.717, 1.165) is 0 Å². The first-order chi connectivity index (χ1) is 12.1. The van der Waals surface area contributed by atoms with Crippen LogP contribution >= 0.6 is 11.8 Å². The molecular weight excluding hydrogens is 350 g/mol. The summed E-state index contributed by atoms with van der Waals surface area (Å²) in [6.07, 6.45) is 0. The lowest BCUT2D eigenvalue weighted by atomic mass is 10.1. The molecule has 0 aliphatic rings. The minimum Gasteiger partial charge on any atom is -0.326 e. The van der Waals surface area contributed by atoms with E-state index in [9.17, 15) is 9.59 Å². The molecule has 0 unspecified atom stereocenters. The molecule has 140 valence electrons. The Kier molecular flexibility index (Phi) is 6.17. The van der Waals surface area contributed by atoms with Crippen LogP contribution in [0.25, 0.3) is 0 Å². The monoisotopic (exact) mass is 375 g/mol. The molecule has 1 aromatic carbocycles. The number of hydrogen-bond acceptors (Lipinski definition) is 6. The first-order valence-electron chi connectivity index (χ1n) is 8.50. The molecule has 0 aliphatic carbocycles. The van der Waals surface area contributed by atoms with Crippen LogP contribution in [0.5, 0.6) is 0 Å². The Bertz CT molecular complexity index is 778. The Balaban J connectivity index is 2.07. The first kappa shape index (κ1) is 20.1. The molecule has 0 bridgehead atoms. The largest absolute Gasteiger partial charge is 0.326 e. The number of amides is 1. The van der Waals surface area contributed by atoms with Crippen LogP contribution in [0.2, 0.25) is 0 Å². The normalized spacial score (nSPS) is 12.9. The summed E-state index contributed by atoms with van der Waals surface area (Å²) < 4.78 is 1.71. The predicted molar refractivity (Wildman–Crippen MR) is 102 cm³/mol. The van der Waals surface area contributed by atoms with Gasteiger partial charge < -0.3 is 5.32 Å². The molecule has 7 nitrogen and oxygen atoms in total. The van der Waals surface area contributed by atoms with Crippen molar-refractivity contribution in [1.82, 2.24) is 20.2 Å². The van der Waals surface area contributed by atoms with Gasteiger partial charge in [-0.2, -0.15) is 0 Å². The molecule has 2 rings (SSSR count). The zero-order valence-electron chi connectivity index (χ0n) is 16.0. The number of hydrogen-bond donors (Lipinski definition) is 1. The molecular formula is C18H25N5O2S. The molecule has 1 aromatic heterocycles. The molecule has 26 heavy (non-hydrogen) atoms. The molecule has 0 aliphatic heterocycles. The van der Waals surface area contributed by atoms with Crippen LogP contribution in [0.4, 0.5) is 5.69 Å². The summed E-state index contributed by atoms with van der Waals surface area (Å²) >= 11 is 1.33. The number of nitrogens with one attached hydrogen (secondary N) is 1. The quantitative estimate of drug-likeness (QED) is 0.615. The van der Waals surface area contributed by atoms with E-state index in [4.69, 9.17) is 0 Å². The van der Waals surface area contributed by atoms with Gasteiger partial charge >= 0.3 is 0 Å². The van der Waals surface area contributed by atoms with E-state index in [1.54, 1.807) is 28.9 Å². The van der Waals surface area contributed by atoms with Crippen molar-refractivity contribution in [3.63, 3.8) is 0 Å². The third-order valence-electron chi connectivity index (χ3n) is 3.69. The topological polar surface area (TPSA) is 89.8 Å². The minimum atomic E-state index is -0.335. The number of rotatable bonds is 6. The Morgan fingerprint density at radius 1 is 1.12 bits per heavy atom. The third kappa shape index (κ3) is 4.91. The van der Waals surface area contributed by atoms with Crippen molar-refractivity contribution in [2.45, 2.75) is 57.5 Å². The smallest absolute Gasteiger partial charge is 0.226 e. The molecule has 0 saturated heterocycles. The van der Waals surface area contributed by atoms with Crippen LogP contribution in [0, 0.1) is 5.92 Å². The van der Waals surface area contributed by atoms with Crippen molar-refractivity contribution in [2.24, 2.45) is 5.92 Å². The van der Waals surface area contributed by atoms with E-state index in [1.807, 2.05) is 41.5 Å². The van der Waals surface area contributed by atoms with Crippen molar-refractivity contribution in [3.05, 3.63) is 29.8 Å². The fourth-order valence-corrected chi connectivity index (χ4v) is 3.18. The van der Waals surface area contributed by atoms with Gasteiger partial charge in [0.2, 0.25) is 11.1 Å². The Morgan fingerprint density at radius 2 is 1.73 bits per heavy atom. The maximum Gasteiger partial charge on any atom is 0.226 e. The van der Waals surface area contributed by atoms with Gasteiger partial charge in [0.25, 0.3) is 0 Å². The number of nitrogens with zero attached hydrogens (tertiary/aromatic N) is 4. The van der Waals surface area contributed by atoms with Gasteiger partial charge in [-0.3, -0.25) is 9.59 Å². The van der Waals surface area contributed by atoms with Crippen molar-refractivity contribution in [1.29, 1.82) is 0 Å². The van der Waals surface area contributed by atoms with E-state index >= 15 is 0 Å². The van der Waals surface area contributed by atoms with Gasteiger partial charge in [0.05, 0.1) is 10.8 Å². The Hall–Kier alpha value is -2.22. The summed E-state index contributed by atoms with van der Waals surface area (Å²) in [4.78, 5) is 24.4. The number of carbonyl (C=O) groups is 2. The minimum absolute atomic E-state index is 0.0137. The van der Waals surface area contributed by atoms with Gasteiger partial charge in [-0.25, -0.2) is 4.68 Å². The van der Waals surface area contributed by atoms with E-state index in [2.05, 4.69) is 20.8 Å². The summed E-state index contributed by atoms with van der Waals surface area (Å²) in [5, 5.41) is 14.8. The highest BCUT2D eigenvalue weighted by atomic mass is 32.2. The van der Waals surface area contributed by atoms with E-state index in [1.165, 1.54) is 11.8 Å². The van der Waals surface area contributed by atoms with Crippen LogP contribution < -0.4 is 5.32 Å². The number of tetrazole rings is 1. The van der Waals surface area contributed by atoms with Crippen molar-refractivity contribution in [2.75, 3.05) is 5.32 Å². The zero-order chi connectivity index (χ0) is 19.5. The second-order valence-electron chi connectivity index (χ2n) is 7.39. The number of benzene rings is 1. The lowest BCUT2D eigenvalue weighted by Crippen LogP contribution is -2.25. The predicted octanol–water partition coefficient (Wildman–Crippen LogP) is 3.39. The number of ketones is 1. The molecule has 8 heteroatoms. The molecule has 0 radical (unpaired) electrons. The highest BCUT2D eigenvalue weighted by molar-refractivity contribution is 8.00. The SMILES string of the molecule is CC(C)C(=O)Nc1ccc(C(=O)[C@@H](C)Sc2nnnn2C(C)(C)C)cc1. The number of Topliss-reactive ketones (excluding diaryl/α,β-unsaturated/α-hetero) is 1. The fourth-order valence-electron chi connectivity index (χ4n) is 2.12. The lowest BCUT2D eigenvalue weighted by Gasteiger charge is -2.20. The van der Waals surface area contributed by atoms with E-state index in [0.29, 0.717) is 16.4 Å². The van der Waals surface area contributed by atoms with Gasteiger partial charge in [-0.15, -0.1) is 5.10 Å². The average molecular weight is 375 g/mol. The van der Waals surface area contributed by atoms with Gasteiger partial charge in [0.15, 0.2) is 5.78 Å². The van der Waals surface area contributed by atoms with Crippen molar-refractivity contribution < 1.29 is 9.59 Å². The lowest BCUT2D eigenvalue weighted by molar-refractivity contribution is -0.118. The maximum absolute atomic E-state index is 12.7. The summed E-state index contributed by atoms with van der Waals surface area (Å²) in [6, 6.07) is 6.93. The van der Waals surface area contributed by atoms with Gasteiger partial charge in [-0.1, -0.05) is 25.6 Å². The summed E-state index contributed by atoms with van der Waals surface area (Å²) in [7, 11) is 0. The maximum atomic E-state index is 12.7. The fraction of sp³-hybridized carbons (Fsp3) is 0.500. The van der Waals surface area contributed by atoms with Gasteiger partial charge in [0, 0.05) is 17.2 Å². The van der Waals surface area contributed by atoms with Crippen molar-refractivity contribution in [3.8, 4) is 0 Å². The van der Waals surface area contributed by atoms with E-state index < -0.39 is 0 Å². The first-order valence-corrected chi connectivity index (χ1v) is 9.38. The molecule has 0 fully saturated rings. The van der Waals surface area contributed by atoms with Crippen molar-refractivity contribution >= 4 is 29.1 Å². The second kappa shape index (κ2) is 7.99. The molecule has 1 amide bonds. The van der Waals surface area contributed by atoms with Crippen LogP contribution in [-0.2, 0) is 10.3 Å². The number of carbonyl (C=O) groups excluding carboxylic acids is 2. The molecule has 1 heterocycles. The molecule has 1 atom stereocenters. The molecule has 0 spiro atoms.